The predicted octanol–water partition coefficient (Wildman–Crippen LogP) is 0.203. The summed E-state index contributed by atoms with van der Waals surface area (Å²) in [6, 6.07) is 3.38. The van der Waals surface area contributed by atoms with Crippen molar-refractivity contribution in [1.82, 2.24) is 20.4 Å². The normalized spacial score (nSPS) is 14.8. The Labute approximate surface area is 88.9 Å². The van der Waals surface area contributed by atoms with E-state index in [0.717, 1.165) is 0 Å². The van der Waals surface area contributed by atoms with Gasteiger partial charge in [0.05, 0.1) is 0 Å². The molecule has 0 saturated heterocycles. The molecular weight excluding hydrogens is 212 g/mol. The Morgan fingerprint density at radius 1 is 0.812 bits per heavy atom. The second-order valence-corrected chi connectivity index (χ2v) is 2.89. The molecule has 80 valence electrons. The van der Waals surface area contributed by atoms with Gasteiger partial charge in [0.2, 0.25) is 0 Å². The highest BCUT2D eigenvalue weighted by atomic mass is 16.7. The van der Waals surface area contributed by atoms with Crippen LogP contribution in [0.25, 0.3) is 0 Å². The van der Waals surface area contributed by atoms with Gasteiger partial charge in [-0.05, 0) is 22.4 Å². The largest absolute Gasteiger partial charge is 0.327 e. The average molecular weight is 218 g/mol. The molecule has 2 aromatic rings. The van der Waals surface area contributed by atoms with E-state index in [2.05, 4.69) is 30.7 Å². The van der Waals surface area contributed by atoms with E-state index in [1.165, 1.54) is 0 Å². The van der Waals surface area contributed by atoms with Gasteiger partial charge in [-0.1, -0.05) is 0 Å². The average Bonchev–Trinajstić information content (AvgIpc) is 3.03. The first-order chi connectivity index (χ1) is 7.93. The van der Waals surface area contributed by atoms with Gasteiger partial charge in [-0.25, -0.2) is 0 Å². The van der Waals surface area contributed by atoms with Crippen LogP contribution in [0.5, 0.6) is 0 Å². The molecule has 3 heterocycles. The van der Waals surface area contributed by atoms with E-state index in [1.54, 1.807) is 24.5 Å². The molecule has 0 radical (unpaired) electrons. The highest BCUT2D eigenvalue weighted by Gasteiger charge is 2.18. The van der Waals surface area contributed by atoms with Gasteiger partial charge >= 0.3 is 11.8 Å². The monoisotopic (exact) mass is 218 g/mol. The Kier molecular flexibility index (Phi) is 1.89. The molecule has 2 N–H and O–H groups in total. The fraction of sp³-hybridized carbons (Fsp3) is 0. The second-order valence-electron chi connectivity index (χ2n) is 2.89. The molecule has 0 aromatic carbocycles. The van der Waals surface area contributed by atoms with E-state index in [-0.39, 0.29) is 11.8 Å². The van der Waals surface area contributed by atoms with Crippen LogP contribution in [0.3, 0.4) is 0 Å². The zero-order valence-electron chi connectivity index (χ0n) is 7.91. The SMILES string of the molecule is c1cc(C2=NOC(c3cc[nH]n3)=NO2)n[nH]1. The predicted molar refractivity (Wildman–Crippen MR) is 52.4 cm³/mol. The number of rotatable bonds is 2. The van der Waals surface area contributed by atoms with Crippen LogP contribution >= 0.6 is 0 Å². The van der Waals surface area contributed by atoms with Crippen LogP contribution in [0.4, 0.5) is 0 Å². The molecule has 2 aromatic heterocycles. The first kappa shape index (κ1) is 8.65. The smallest absolute Gasteiger partial charge is 0.312 e. The summed E-state index contributed by atoms with van der Waals surface area (Å²) in [5.74, 6) is 0.390. The zero-order valence-corrected chi connectivity index (χ0v) is 7.91. The first-order valence-electron chi connectivity index (χ1n) is 4.44. The van der Waals surface area contributed by atoms with Crippen LogP contribution in [0.2, 0.25) is 0 Å². The lowest BCUT2D eigenvalue weighted by atomic mass is 10.4. The number of oxime groups is 2. The molecule has 0 saturated carbocycles. The third-order valence-corrected chi connectivity index (χ3v) is 1.87. The molecule has 0 unspecified atom stereocenters. The summed E-state index contributed by atoms with van der Waals surface area (Å²) in [5.41, 5.74) is 1.04. The van der Waals surface area contributed by atoms with Crippen molar-refractivity contribution in [2.75, 3.05) is 0 Å². The number of aromatic nitrogens is 4. The van der Waals surface area contributed by atoms with Gasteiger partial charge in [0.1, 0.15) is 0 Å². The van der Waals surface area contributed by atoms with Crippen molar-refractivity contribution in [2.24, 2.45) is 10.3 Å². The maximum Gasteiger partial charge on any atom is 0.312 e. The van der Waals surface area contributed by atoms with Gasteiger partial charge in [-0.3, -0.25) is 10.2 Å². The van der Waals surface area contributed by atoms with Crippen LogP contribution in [-0.2, 0) is 9.68 Å². The van der Waals surface area contributed by atoms with Gasteiger partial charge in [0.25, 0.3) is 0 Å². The van der Waals surface area contributed by atoms with Crippen molar-refractivity contribution in [3.8, 4) is 0 Å². The Bertz CT molecular complexity index is 477. The quantitative estimate of drug-likeness (QED) is 0.751. The Morgan fingerprint density at radius 3 is 1.62 bits per heavy atom. The van der Waals surface area contributed by atoms with Crippen LogP contribution in [0.1, 0.15) is 11.4 Å². The lowest BCUT2D eigenvalue weighted by Crippen LogP contribution is -2.16. The van der Waals surface area contributed by atoms with E-state index in [0.29, 0.717) is 11.4 Å². The Hall–Kier alpha value is -2.64. The topological polar surface area (TPSA) is 101 Å². The lowest BCUT2D eigenvalue weighted by Gasteiger charge is -2.07. The number of H-pyrrole nitrogens is 2. The molecule has 1 aliphatic rings. The van der Waals surface area contributed by atoms with Crippen molar-refractivity contribution in [1.29, 1.82) is 0 Å². The summed E-state index contributed by atoms with van der Waals surface area (Å²) < 4.78 is 0. The minimum absolute atomic E-state index is 0.195. The van der Waals surface area contributed by atoms with Crippen molar-refractivity contribution >= 4 is 11.8 Å². The van der Waals surface area contributed by atoms with E-state index >= 15 is 0 Å². The molecular formula is C8H6N6O2. The maximum atomic E-state index is 5.04. The van der Waals surface area contributed by atoms with Gasteiger partial charge in [-0.15, -0.1) is 0 Å². The summed E-state index contributed by atoms with van der Waals surface area (Å²) in [5, 5.41) is 20.5. The van der Waals surface area contributed by atoms with E-state index in [9.17, 15) is 0 Å². The summed E-state index contributed by atoms with van der Waals surface area (Å²) >= 11 is 0. The molecule has 8 heteroatoms. The lowest BCUT2D eigenvalue weighted by molar-refractivity contribution is 0.218. The van der Waals surface area contributed by atoms with Crippen LogP contribution in [-0.4, -0.2) is 32.2 Å². The Balaban J connectivity index is 1.79. The third-order valence-electron chi connectivity index (χ3n) is 1.87. The number of nitrogens with one attached hydrogen (secondary N) is 2. The first-order valence-corrected chi connectivity index (χ1v) is 4.44. The van der Waals surface area contributed by atoms with Gasteiger partial charge in [-0.2, -0.15) is 10.2 Å². The molecule has 1 aliphatic heterocycles. The highest BCUT2D eigenvalue weighted by molar-refractivity contribution is 5.97. The third kappa shape index (κ3) is 1.41. The van der Waals surface area contributed by atoms with Crippen molar-refractivity contribution < 1.29 is 9.68 Å². The molecule has 0 amide bonds. The van der Waals surface area contributed by atoms with Crippen LogP contribution in [0.15, 0.2) is 34.8 Å². The second kappa shape index (κ2) is 3.50. The summed E-state index contributed by atoms with van der Waals surface area (Å²) in [7, 11) is 0. The number of nitrogens with zero attached hydrogens (tertiary/aromatic N) is 4. The van der Waals surface area contributed by atoms with Crippen molar-refractivity contribution in [2.45, 2.75) is 0 Å². The van der Waals surface area contributed by atoms with Crippen molar-refractivity contribution in [3.63, 3.8) is 0 Å². The van der Waals surface area contributed by atoms with E-state index in [4.69, 9.17) is 9.68 Å². The molecule has 3 rings (SSSR count). The highest BCUT2D eigenvalue weighted by Crippen LogP contribution is 2.08. The van der Waals surface area contributed by atoms with Crippen LogP contribution < -0.4 is 0 Å². The van der Waals surface area contributed by atoms with Crippen molar-refractivity contribution in [3.05, 3.63) is 35.9 Å². The number of hydrogen-bond donors (Lipinski definition) is 2. The van der Waals surface area contributed by atoms with Gasteiger partial charge in [0.15, 0.2) is 11.4 Å². The zero-order chi connectivity index (χ0) is 10.8. The Morgan fingerprint density at radius 2 is 1.31 bits per heavy atom. The van der Waals surface area contributed by atoms with Gasteiger partial charge in [0, 0.05) is 12.4 Å². The molecule has 0 spiro atoms. The number of aromatic amines is 2. The van der Waals surface area contributed by atoms with Gasteiger partial charge < -0.3 is 9.68 Å². The summed E-state index contributed by atoms with van der Waals surface area (Å²) in [4.78, 5) is 10.1. The minimum Gasteiger partial charge on any atom is -0.327 e. The molecule has 0 atom stereocenters. The number of hydrogen-bond acceptors (Lipinski definition) is 6. The maximum absolute atomic E-state index is 5.04. The van der Waals surface area contributed by atoms with Crippen LogP contribution in [0, 0.1) is 0 Å². The molecule has 0 bridgehead atoms. The molecule has 16 heavy (non-hydrogen) atoms. The standard InChI is InChI=1S/C8H6N6O2/c1-3-9-11-5(1)7-13-16-8(14-15-7)6-2-4-10-12-6/h1-4H,(H,9,11)(H,10,12). The summed E-state index contributed by atoms with van der Waals surface area (Å²) in [6.07, 6.45) is 3.29. The fourth-order valence-electron chi connectivity index (χ4n) is 1.15. The fourth-order valence-corrected chi connectivity index (χ4v) is 1.15. The molecule has 8 nitrogen and oxygen atoms in total. The van der Waals surface area contributed by atoms with E-state index < -0.39 is 0 Å². The minimum atomic E-state index is 0.195. The molecule has 0 fully saturated rings. The van der Waals surface area contributed by atoms with E-state index in [1.807, 2.05) is 0 Å². The summed E-state index contributed by atoms with van der Waals surface area (Å²) in [6.45, 7) is 0. The molecule has 0 aliphatic carbocycles.